The predicted octanol–water partition coefficient (Wildman–Crippen LogP) is 9.13. The fourth-order valence-corrected chi connectivity index (χ4v) is 8.00. The van der Waals surface area contributed by atoms with Crippen molar-refractivity contribution in [3.63, 3.8) is 0 Å². The summed E-state index contributed by atoms with van der Waals surface area (Å²) in [6, 6.07) is 22.9. The zero-order valence-corrected chi connectivity index (χ0v) is 35.9. The first-order valence-electron chi connectivity index (χ1n) is 19.5. The number of halogens is 5. The monoisotopic (exact) mass is 903 g/mol. The Hall–Kier alpha value is -6.00. The number of hydrogen-bond donors (Lipinski definition) is 2. The average molecular weight is 905 g/mol. The van der Waals surface area contributed by atoms with Gasteiger partial charge in [-0.1, -0.05) is 6.92 Å². The molecule has 0 unspecified atom stereocenters. The van der Waals surface area contributed by atoms with E-state index in [1.807, 2.05) is 44.1 Å². The molecular weight excluding hydrogens is 858 g/mol. The summed E-state index contributed by atoms with van der Waals surface area (Å²) in [6.45, 7) is 11.9. The molecule has 0 radical (unpaired) electrons. The lowest BCUT2D eigenvalue weighted by Gasteiger charge is -2.42. The van der Waals surface area contributed by atoms with E-state index in [4.69, 9.17) is 25.5 Å². The average Bonchev–Trinajstić information content (AvgIpc) is 3.79. The maximum Gasteiger partial charge on any atom is 0.237 e. The molecule has 3 N–H and O–H groups in total. The van der Waals surface area contributed by atoms with Crippen molar-refractivity contribution < 1.29 is 37.0 Å². The number of fused-ring (bicyclic) bond motifs is 2. The van der Waals surface area contributed by atoms with Crippen LogP contribution in [0.3, 0.4) is 0 Å². The Balaban J connectivity index is 0.000000177. The Morgan fingerprint density at radius 1 is 0.656 bits per heavy atom. The van der Waals surface area contributed by atoms with E-state index in [-0.39, 0.29) is 47.4 Å². The van der Waals surface area contributed by atoms with Crippen LogP contribution in [0.4, 0.5) is 17.6 Å². The molecule has 0 saturated heterocycles. The molecule has 0 atom stereocenters. The van der Waals surface area contributed by atoms with Gasteiger partial charge < -0.3 is 29.9 Å². The number of carbonyl (C=O) groups excluding carboxylic acids is 2. The molecule has 4 heterocycles. The lowest BCUT2D eigenvalue weighted by Crippen LogP contribution is -2.53. The van der Waals surface area contributed by atoms with E-state index >= 15 is 0 Å². The van der Waals surface area contributed by atoms with Crippen LogP contribution >= 0.6 is 15.9 Å². The van der Waals surface area contributed by atoms with Crippen LogP contribution in [0.2, 0.25) is 0 Å². The van der Waals surface area contributed by atoms with Crippen LogP contribution in [0.25, 0.3) is 22.5 Å². The quantitative estimate of drug-likeness (QED) is 0.160. The Labute approximate surface area is 359 Å². The van der Waals surface area contributed by atoms with Crippen LogP contribution in [0.5, 0.6) is 17.4 Å². The third-order valence-electron chi connectivity index (χ3n) is 10.5. The largest absolute Gasteiger partial charge is 0.508 e. The van der Waals surface area contributed by atoms with Gasteiger partial charge in [-0.05, 0) is 141 Å². The standard InChI is InChI=1S/C22H22F2N4O2.C17H19BrFN3O.C6H5FO/c1-22(2)21-26-19(14-3-5-15(23)6-4-14)20(30-17-9-7-16(24)8-10-17)27(21)11-12-28(22)18(29)13-25;1-4-13(23)22-10-9-21-15(18)14(20-16(21)17(22,2)3)11-5-7-12(19)8-6-11;7-5-1-3-6(8)4-2-5/h3-10H,11-13,25H2,1-2H3;5-8H,4,9-10H2,1-3H3;1-4,8H. The van der Waals surface area contributed by atoms with Gasteiger partial charge in [0.05, 0.1) is 17.6 Å². The fraction of sp³-hybridized carbons (Fsp3) is 0.289. The predicted molar refractivity (Wildman–Crippen MR) is 226 cm³/mol. The SMILES string of the molecule is CC1(C)c2nc(-c3ccc(F)cc3)c(Oc3ccc(F)cc3)n2CCN1C(=O)CN.CCC(=O)N1CCn2c(nc(-c3ccc(F)cc3)c2Br)C1(C)C.Oc1ccc(F)cc1. The number of ether oxygens (including phenoxy) is 1. The van der Waals surface area contributed by atoms with Crippen molar-refractivity contribution >= 4 is 27.7 Å². The van der Waals surface area contributed by atoms with E-state index in [9.17, 15) is 27.2 Å². The molecule has 8 rings (SSSR count). The van der Waals surface area contributed by atoms with E-state index in [2.05, 4.69) is 20.5 Å². The molecule has 0 spiro atoms. The van der Waals surface area contributed by atoms with Gasteiger partial charge in [-0.2, -0.15) is 0 Å². The maximum absolute atomic E-state index is 13.5. The highest BCUT2D eigenvalue weighted by Crippen LogP contribution is 2.42. The third-order valence-corrected chi connectivity index (χ3v) is 11.3. The highest BCUT2D eigenvalue weighted by atomic mass is 79.9. The van der Waals surface area contributed by atoms with Crippen molar-refractivity contribution in [3.8, 4) is 39.9 Å². The van der Waals surface area contributed by atoms with E-state index in [0.717, 1.165) is 21.7 Å². The minimum absolute atomic E-state index is 0.0893. The number of imidazole rings is 2. The molecule has 11 nitrogen and oxygen atoms in total. The minimum Gasteiger partial charge on any atom is -0.508 e. The van der Waals surface area contributed by atoms with Gasteiger partial charge in [-0.15, -0.1) is 0 Å². The first-order chi connectivity index (χ1) is 29.0. The highest BCUT2D eigenvalue weighted by molar-refractivity contribution is 9.10. The van der Waals surface area contributed by atoms with Crippen molar-refractivity contribution in [1.82, 2.24) is 28.9 Å². The fourth-order valence-electron chi connectivity index (χ4n) is 7.34. The first kappa shape index (κ1) is 44.5. The maximum atomic E-state index is 13.5. The summed E-state index contributed by atoms with van der Waals surface area (Å²) in [7, 11) is 0. The van der Waals surface area contributed by atoms with Gasteiger partial charge in [0.15, 0.2) is 0 Å². The molecule has 0 bridgehead atoms. The number of carbonyl (C=O) groups is 2. The first-order valence-corrected chi connectivity index (χ1v) is 20.3. The summed E-state index contributed by atoms with van der Waals surface area (Å²) < 4.78 is 62.9. The van der Waals surface area contributed by atoms with Crippen LogP contribution in [-0.4, -0.2) is 65.5 Å². The summed E-state index contributed by atoms with van der Waals surface area (Å²) in [4.78, 5) is 37.7. The second-order valence-corrected chi connectivity index (χ2v) is 16.0. The molecule has 2 amide bonds. The van der Waals surface area contributed by atoms with Gasteiger partial charge in [0, 0.05) is 43.7 Å². The second kappa shape index (κ2) is 18.3. The number of aromatic hydroxyl groups is 1. The Morgan fingerprint density at radius 3 is 1.54 bits per heavy atom. The summed E-state index contributed by atoms with van der Waals surface area (Å²) in [5.74, 6) is 1.10. The van der Waals surface area contributed by atoms with Gasteiger partial charge in [0.2, 0.25) is 17.7 Å². The third kappa shape index (κ3) is 9.50. The Morgan fingerprint density at radius 2 is 1.07 bits per heavy atom. The molecule has 0 fully saturated rings. The minimum atomic E-state index is -0.728. The molecule has 2 aromatic heterocycles. The molecule has 320 valence electrons. The molecule has 0 saturated carbocycles. The van der Waals surface area contributed by atoms with Crippen molar-refractivity contribution in [2.75, 3.05) is 19.6 Å². The Bertz CT molecular complexity index is 2470. The van der Waals surface area contributed by atoms with E-state index in [1.54, 1.807) is 29.2 Å². The number of rotatable bonds is 6. The normalized spacial score (nSPS) is 14.7. The summed E-state index contributed by atoms with van der Waals surface area (Å²) in [6.07, 6.45) is 0.482. The van der Waals surface area contributed by atoms with E-state index < -0.39 is 11.1 Å². The van der Waals surface area contributed by atoms with Crippen molar-refractivity contribution in [1.29, 1.82) is 0 Å². The van der Waals surface area contributed by atoms with Gasteiger partial charge in [0.1, 0.15) is 62.4 Å². The highest BCUT2D eigenvalue weighted by Gasteiger charge is 2.42. The lowest BCUT2D eigenvalue weighted by atomic mass is 9.98. The zero-order valence-electron chi connectivity index (χ0n) is 34.3. The Kier molecular flexibility index (Phi) is 13.4. The molecule has 2 aliphatic rings. The number of amides is 2. The van der Waals surface area contributed by atoms with Gasteiger partial charge in [-0.25, -0.2) is 27.5 Å². The van der Waals surface area contributed by atoms with E-state index in [1.165, 1.54) is 72.8 Å². The molecule has 0 aliphatic carbocycles. The summed E-state index contributed by atoms with van der Waals surface area (Å²) in [5.41, 5.74) is 7.20. The second-order valence-electron chi connectivity index (χ2n) is 15.3. The summed E-state index contributed by atoms with van der Waals surface area (Å²) in [5, 5.41) is 8.59. The van der Waals surface area contributed by atoms with Gasteiger partial charge in [0.25, 0.3) is 0 Å². The lowest BCUT2D eigenvalue weighted by molar-refractivity contribution is -0.138. The molecule has 61 heavy (non-hydrogen) atoms. The number of phenols is 1. The van der Waals surface area contributed by atoms with Crippen LogP contribution in [0.15, 0.2) is 102 Å². The van der Waals surface area contributed by atoms with Crippen LogP contribution in [-0.2, 0) is 33.8 Å². The molecule has 6 aromatic rings. The smallest absolute Gasteiger partial charge is 0.237 e. The molecule has 2 aliphatic heterocycles. The number of nitrogens with two attached hydrogens (primary N) is 1. The zero-order chi connectivity index (χ0) is 44.2. The van der Waals surface area contributed by atoms with Crippen LogP contribution < -0.4 is 10.5 Å². The molecule has 4 aromatic carbocycles. The van der Waals surface area contributed by atoms with Crippen LogP contribution in [0, 0.1) is 23.3 Å². The van der Waals surface area contributed by atoms with Crippen molar-refractivity contribution in [3.05, 3.63) is 137 Å². The van der Waals surface area contributed by atoms with Gasteiger partial charge in [-0.3, -0.25) is 14.2 Å². The number of nitrogens with zero attached hydrogens (tertiary/aromatic N) is 6. The molecule has 16 heteroatoms. The number of aromatic nitrogens is 4. The van der Waals surface area contributed by atoms with Crippen molar-refractivity contribution in [2.24, 2.45) is 5.73 Å². The topological polar surface area (TPSA) is 132 Å². The van der Waals surface area contributed by atoms with Crippen LogP contribution in [0.1, 0.15) is 52.7 Å². The molecular formula is C45H46BrF4N7O4. The number of phenolic OH excluding ortho intramolecular Hbond substituents is 1. The van der Waals surface area contributed by atoms with Gasteiger partial charge >= 0.3 is 0 Å². The number of hydrogen-bond acceptors (Lipinski definition) is 7. The van der Waals surface area contributed by atoms with Crippen molar-refractivity contribution in [2.45, 2.75) is 65.2 Å². The summed E-state index contributed by atoms with van der Waals surface area (Å²) >= 11 is 3.62. The number of benzene rings is 4. The van der Waals surface area contributed by atoms with E-state index in [0.29, 0.717) is 61.3 Å².